The van der Waals surface area contributed by atoms with Crippen LogP contribution in [0.5, 0.6) is 0 Å². The molecule has 78 valence electrons. The van der Waals surface area contributed by atoms with E-state index in [1.165, 1.54) is 11.8 Å². The third-order valence-electron chi connectivity index (χ3n) is 1.57. The van der Waals surface area contributed by atoms with E-state index < -0.39 is 0 Å². The molecule has 0 saturated heterocycles. The largest absolute Gasteiger partial charge is 0.399 e. The highest BCUT2D eigenvalue weighted by Gasteiger charge is 1.87. The molecule has 1 rings (SSSR count). The third-order valence-corrected chi connectivity index (χ3v) is 1.57. The van der Waals surface area contributed by atoms with Crippen LogP contribution in [0.2, 0.25) is 0 Å². The second-order valence-corrected chi connectivity index (χ2v) is 3.08. The standard InChI is InChI=1S/C6H8N2.C4H9NO/c7-5-1-2-6(8)4-3-5;1-4(6)5(2)3/h1-4H,7-8H2;1-3H3. The van der Waals surface area contributed by atoms with E-state index in [9.17, 15) is 4.79 Å². The SMILES string of the molecule is CC(=O)N(C)C.Nc1ccc(N)cc1. The van der Waals surface area contributed by atoms with Crippen molar-refractivity contribution in [1.82, 2.24) is 4.90 Å². The van der Waals surface area contributed by atoms with E-state index in [2.05, 4.69) is 0 Å². The summed E-state index contributed by atoms with van der Waals surface area (Å²) in [6.07, 6.45) is 0. The van der Waals surface area contributed by atoms with Crippen molar-refractivity contribution in [2.75, 3.05) is 25.6 Å². The molecule has 0 aromatic heterocycles. The smallest absolute Gasteiger partial charge is 0.218 e. The molecule has 4 N–H and O–H groups in total. The molecule has 0 aliphatic rings. The molecule has 4 nitrogen and oxygen atoms in total. The highest BCUT2D eigenvalue weighted by Crippen LogP contribution is 2.04. The maximum absolute atomic E-state index is 10.1. The van der Waals surface area contributed by atoms with E-state index in [1.54, 1.807) is 38.4 Å². The van der Waals surface area contributed by atoms with Crippen molar-refractivity contribution in [3.8, 4) is 0 Å². The topological polar surface area (TPSA) is 72.3 Å². The van der Waals surface area contributed by atoms with Crippen LogP contribution in [-0.4, -0.2) is 24.9 Å². The first-order valence-corrected chi connectivity index (χ1v) is 4.22. The predicted molar refractivity (Wildman–Crippen MR) is 59.6 cm³/mol. The van der Waals surface area contributed by atoms with Crippen LogP contribution in [0.15, 0.2) is 24.3 Å². The summed E-state index contributed by atoms with van der Waals surface area (Å²) >= 11 is 0. The van der Waals surface area contributed by atoms with Crippen LogP contribution in [0.3, 0.4) is 0 Å². The maximum atomic E-state index is 10.1. The number of nitrogen functional groups attached to an aromatic ring is 2. The minimum Gasteiger partial charge on any atom is -0.399 e. The number of hydrogen-bond donors (Lipinski definition) is 2. The van der Waals surface area contributed by atoms with Crippen LogP contribution in [0.25, 0.3) is 0 Å². The molecule has 1 amide bonds. The van der Waals surface area contributed by atoms with Gasteiger partial charge in [0, 0.05) is 32.4 Å². The second kappa shape index (κ2) is 5.85. The zero-order valence-corrected chi connectivity index (χ0v) is 8.82. The Morgan fingerprint density at radius 2 is 1.29 bits per heavy atom. The monoisotopic (exact) mass is 195 g/mol. The highest BCUT2D eigenvalue weighted by atomic mass is 16.2. The van der Waals surface area contributed by atoms with Gasteiger partial charge in [0.25, 0.3) is 0 Å². The van der Waals surface area contributed by atoms with Gasteiger partial charge in [-0.3, -0.25) is 4.79 Å². The van der Waals surface area contributed by atoms with Crippen LogP contribution in [0, 0.1) is 0 Å². The fourth-order valence-electron chi connectivity index (χ4n) is 0.496. The van der Waals surface area contributed by atoms with Crippen molar-refractivity contribution in [3.63, 3.8) is 0 Å². The Hall–Kier alpha value is -1.71. The summed E-state index contributed by atoms with van der Waals surface area (Å²) < 4.78 is 0. The van der Waals surface area contributed by atoms with Gasteiger partial charge in [-0.15, -0.1) is 0 Å². The number of nitrogens with zero attached hydrogens (tertiary/aromatic N) is 1. The van der Waals surface area contributed by atoms with E-state index in [-0.39, 0.29) is 5.91 Å². The van der Waals surface area contributed by atoms with E-state index in [0.717, 1.165) is 11.4 Å². The molecule has 0 fully saturated rings. The summed E-state index contributed by atoms with van der Waals surface area (Å²) in [7, 11) is 3.45. The number of hydrogen-bond acceptors (Lipinski definition) is 3. The summed E-state index contributed by atoms with van der Waals surface area (Å²) in [6.45, 7) is 1.53. The van der Waals surface area contributed by atoms with Crippen molar-refractivity contribution in [2.45, 2.75) is 6.92 Å². The molecule has 1 aromatic rings. The molecule has 4 heteroatoms. The van der Waals surface area contributed by atoms with E-state index in [4.69, 9.17) is 11.5 Å². The molecule has 1 aromatic carbocycles. The lowest BCUT2D eigenvalue weighted by Gasteiger charge is -2.02. The van der Waals surface area contributed by atoms with Gasteiger partial charge in [-0.25, -0.2) is 0 Å². The Morgan fingerprint density at radius 1 is 1.07 bits per heavy atom. The van der Waals surface area contributed by atoms with Gasteiger partial charge in [-0.1, -0.05) is 0 Å². The van der Waals surface area contributed by atoms with Crippen LogP contribution < -0.4 is 11.5 Å². The number of amides is 1. The van der Waals surface area contributed by atoms with Gasteiger partial charge in [0.2, 0.25) is 5.91 Å². The summed E-state index contributed by atoms with van der Waals surface area (Å²) in [5, 5.41) is 0. The molecule has 0 unspecified atom stereocenters. The van der Waals surface area contributed by atoms with Gasteiger partial charge in [0.1, 0.15) is 0 Å². The number of rotatable bonds is 0. The normalized spacial score (nSPS) is 8.50. The molecule has 0 spiro atoms. The number of benzene rings is 1. The summed E-state index contributed by atoms with van der Waals surface area (Å²) in [5.41, 5.74) is 12.2. The minimum absolute atomic E-state index is 0.0926. The first kappa shape index (κ1) is 12.3. The van der Waals surface area contributed by atoms with Gasteiger partial charge >= 0.3 is 0 Å². The molecule has 0 aliphatic heterocycles. The quantitative estimate of drug-likeness (QED) is 0.605. The average Bonchev–Trinajstić information content (AvgIpc) is 2.11. The Kier molecular flexibility index (Phi) is 5.14. The van der Waals surface area contributed by atoms with Crippen LogP contribution in [0.1, 0.15) is 6.92 Å². The van der Waals surface area contributed by atoms with Gasteiger partial charge in [-0.05, 0) is 24.3 Å². The van der Waals surface area contributed by atoms with Gasteiger partial charge < -0.3 is 16.4 Å². The first-order valence-electron chi connectivity index (χ1n) is 4.22. The van der Waals surface area contributed by atoms with E-state index >= 15 is 0 Å². The highest BCUT2D eigenvalue weighted by molar-refractivity contribution is 5.72. The predicted octanol–water partition coefficient (Wildman–Crippen LogP) is 0.945. The summed E-state index contributed by atoms with van der Waals surface area (Å²) in [5.74, 6) is 0.0926. The second-order valence-electron chi connectivity index (χ2n) is 3.08. The Morgan fingerprint density at radius 3 is 1.43 bits per heavy atom. The van der Waals surface area contributed by atoms with E-state index in [0.29, 0.717) is 0 Å². The van der Waals surface area contributed by atoms with Crippen LogP contribution >= 0.6 is 0 Å². The fourth-order valence-corrected chi connectivity index (χ4v) is 0.496. The van der Waals surface area contributed by atoms with Crippen LogP contribution in [0.4, 0.5) is 11.4 Å². The first-order chi connectivity index (χ1) is 6.43. The molecule has 14 heavy (non-hydrogen) atoms. The molecular formula is C10H17N3O. The van der Waals surface area contributed by atoms with Gasteiger partial charge in [-0.2, -0.15) is 0 Å². The Labute approximate surface area is 84.5 Å². The average molecular weight is 195 g/mol. The number of anilines is 2. The Balaban J connectivity index is 0.000000255. The lowest BCUT2D eigenvalue weighted by atomic mass is 10.3. The molecular weight excluding hydrogens is 178 g/mol. The summed E-state index contributed by atoms with van der Waals surface area (Å²) in [4.78, 5) is 11.6. The van der Waals surface area contributed by atoms with Crippen molar-refractivity contribution >= 4 is 17.3 Å². The molecule has 0 radical (unpaired) electrons. The molecule has 0 atom stereocenters. The molecule has 0 saturated carbocycles. The summed E-state index contributed by atoms with van der Waals surface area (Å²) in [6, 6.07) is 7.09. The van der Waals surface area contributed by atoms with Crippen molar-refractivity contribution in [1.29, 1.82) is 0 Å². The third kappa shape index (κ3) is 5.88. The fraction of sp³-hybridized carbons (Fsp3) is 0.300. The zero-order valence-electron chi connectivity index (χ0n) is 8.82. The number of carbonyl (C=O) groups is 1. The molecule has 0 bridgehead atoms. The lowest BCUT2D eigenvalue weighted by molar-refractivity contribution is -0.126. The van der Waals surface area contributed by atoms with Crippen molar-refractivity contribution < 1.29 is 4.79 Å². The lowest BCUT2D eigenvalue weighted by Crippen LogP contribution is -2.17. The number of nitrogens with two attached hydrogens (primary N) is 2. The Bertz CT molecular complexity index is 259. The van der Waals surface area contributed by atoms with E-state index in [1.807, 2.05) is 0 Å². The number of carbonyl (C=O) groups excluding carboxylic acids is 1. The zero-order chi connectivity index (χ0) is 11.1. The van der Waals surface area contributed by atoms with Gasteiger partial charge in [0.05, 0.1) is 0 Å². The van der Waals surface area contributed by atoms with Crippen molar-refractivity contribution in [2.24, 2.45) is 0 Å². The van der Waals surface area contributed by atoms with Crippen molar-refractivity contribution in [3.05, 3.63) is 24.3 Å². The maximum Gasteiger partial charge on any atom is 0.218 e. The van der Waals surface area contributed by atoms with Crippen LogP contribution in [-0.2, 0) is 4.79 Å². The molecule has 0 aliphatic carbocycles. The van der Waals surface area contributed by atoms with Gasteiger partial charge in [0.15, 0.2) is 0 Å². The minimum atomic E-state index is 0.0926. The molecule has 0 heterocycles.